The normalized spacial score (nSPS) is 22.1. The number of aliphatic imine (C=N–C) groups is 1. The van der Waals surface area contributed by atoms with Gasteiger partial charge in [-0.2, -0.15) is 0 Å². The van der Waals surface area contributed by atoms with Gasteiger partial charge >= 0.3 is 0 Å². The van der Waals surface area contributed by atoms with Gasteiger partial charge in [-0.3, -0.25) is 0 Å². The minimum Gasteiger partial charge on any atom is -0.444 e. The summed E-state index contributed by atoms with van der Waals surface area (Å²) in [5, 5.41) is 16.2. The molecule has 0 aromatic carbocycles. The minimum absolute atomic E-state index is 0. The first-order valence-electron chi connectivity index (χ1n) is 7.74. The van der Waals surface area contributed by atoms with Crippen molar-refractivity contribution in [1.29, 1.82) is 0 Å². The number of aromatic nitrogens is 1. The average molecular weight is 422 g/mol. The third-order valence-corrected chi connectivity index (χ3v) is 3.83. The SMILES string of the molecule is CCNC(=NCc1nc(C)c(C)o1)NC1CCC(O)CC1.I. The number of nitrogens with zero attached hydrogens (tertiary/aromatic N) is 2. The van der Waals surface area contributed by atoms with Gasteiger partial charge in [0.15, 0.2) is 5.96 Å². The Balaban J connectivity index is 0.00000242. The molecular weight excluding hydrogens is 395 g/mol. The van der Waals surface area contributed by atoms with Gasteiger partial charge in [-0.05, 0) is 46.5 Å². The highest BCUT2D eigenvalue weighted by atomic mass is 127. The van der Waals surface area contributed by atoms with Crippen LogP contribution in [0.25, 0.3) is 0 Å². The van der Waals surface area contributed by atoms with Gasteiger partial charge in [0.1, 0.15) is 12.3 Å². The molecule has 1 aliphatic rings. The van der Waals surface area contributed by atoms with Crippen LogP contribution >= 0.6 is 24.0 Å². The Labute approximate surface area is 149 Å². The highest BCUT2D eigenvalue weighted by Gasteiger charge is 2.20. The largest absolute Gasteiger partial charge is 0.444 e. The van der Waals surface area contributed by atoms with Crippen LogP contribution in [0.5, 0.6) is 0 Å². The second kappa shape index (κ2) is 9.34. The third-order valence-electron chi connectivity index (χ3n) is 3.83. The van der Waals surface area contributed by atoms with Crippen LogP contribution in [0.3, 0.4) is 0 Å². The van der Waals surface area contributed by atoms with Gasteiger partial charge in [0.25, 0.3) is 0 Å². The monoisotopic (exact) mass is 422 g/mol. The molecule has 1 fully saturated rings. The standard InChI is InChI=1S/C15H26N4O2.HI/c1-4-16-15(19-12-5-7-13(20)8-6-12)17-9-14-18-10(2)11(3)21-14;/h12-13,20H,4-9H2,1-3H3,(H2,16,17,19);1H. The second-order valence-corrected chi connectivity index (χ2v) is 5.59. The van der Waals surface area contributed by atoms with Crippen molar-refractivity contribution >= 4 is 29.9 Å². The Morgan fingerprint density at radius 1 is 1.32 bits per heavy atom. The topological polar surface area (TPSA) is 82.7 Å². The lowest BCUT2D eigenvalue weighted by atomic mass is 9.93. The Morgan fingerprint density at radius 3 is 2.55 bits per heavy atom. The average Bonchev–Trinajstić information content (AvgIpc) is 2.78. The smallest absolute Gasteiger partial charge is 0.216 e. The van der Waals surface area contributed by atoms with Crippen molar-refractivity contribution in [2.24, 2.45) is 4.99 Å². The second-order valence-electron chi connectivity index (χ2n) is 5.59. The summed E-state index contributed by atoms with van der Waals surface area (Å²) in [4.78, 5) is 8.86. The van der Waals surface area contributed by atoms with Crippen molar-refractivity contribution in [3.63, 3.8) is 0 Å². The quantitative estimate of drug-likeness (QED) is 0.394. The van der Waals surface area contributed by atoms with E-state index >= 15 is 0 Å². The first-order valence-corrected chi connectivity index (χ1v) is 7.74. The zero-order valence-electron chi connectivity index (χ0n) is 13.6. The molecule has 0 saturated heterocycles. The van der Waals surface area contributed by atoms with Gasteiger partial charge in [0.2, 0.25) is 5.89 Å². The maximum Gasteiger partial charge on any atom is 0.216 e. The maximum atomic E-state index is 9.55. The molecule has 0 bridgehead atoms. The summed E-state index contributed by atoms with van der Waals surface area (Å²) in [6, 6.07) is 0.374. The first kappa shape index (κ1) is 19.2. The van der Waals surface area contributed by atoms with Crippen LogP contribution in [-0.4, -0.2) is 34.7 Å². The Kier molecular flexibility index (Phi) is 8.16. The van der Waals surface area contributed by atoms with E-state index in [9.17, 15) is 5.11 Å². The first-order chi connectivity index (χ1) is 10.1. The van der Waals surface area contributed by atoms with Gasteiger partial charge in [0.05, 0.1) is 11.8 Å². The maximum absolute atomic E-state index is 9.55. The van der Waals surface area contributed by atoms with E-state index in [2.05, 4.69) is 20.6 Å². The molecule has 0 amide bonds. The van der Waals surface area contributed by atoms with E-state index in [0.29, 0.717) is 18.5 Å². The molecule has 2 rings (SSSR count). The lowest BCUT2D eigenvalue weighted by Gasteiger charge is -2.27. The fourth-order valence-corrected chi connectivity index (χ4v) is 2.49. The van der Waals surface area contributed by atoms with E-state index < -0.39 is 0 Å². The number of aryl methyl sites for hydroxylation is 2. The van der Waals surface area contributed by atoms with Gasteiger partial charge in [-0.25, -0.2) is 9.98 Å². The van der Waals surface area contributed by atoms with Gasteiger partial charge in [0, 0.05) is 12.6 Å². The molecule has 1 aromatic rings. The van der Waals surface area contributed by atoms with E-state index in [4.69, 9.17) is 4.42 Å². The zero-order chi connectivity index (χ0) is 15.2. The van der Waals surface area contributed by atoms with E-state index in [1.807, 2.05) is 20.8 Å². The van der Waals surface area contributed by atoms with Gasteiger partial charge in [-0.15, -0.1) is 24.0 Å². The van der Waals surface area contributed by atoms with Crippen molar-refractivity contribution in [3.8, 4) is 0 Å². The fraction of sp³-hybridized carbons (Fsp3) is 0.733. The number of guanidine groups is 1. The number of aliphatic hydroxyl groups is 1. The zero-order valence-corrected chi connectivity index (χ0v) is 15.9. The predicted molar refractivity (Wildman–Crippen MR) is 97.6 cm³/mol. The summed E-state index contributed by atoms with van der Waals surface area (Å²) < 4.78 is 5.54. The molecular formula is C15H27IN4O2. The van der Waals surface area contributed by atoms with Crippen LogP contribution in [0.15, 0.2) is 9.41 Å². The number of nitrogens with one attached hydrogen (secondary N) is 2. The number of rotatable bonds is 4. The van der Waals surface area contributed by atoms with Crippen LogP contribution in [0.2, 0.25) is 0 Å². The van der Waals surface area contributed by atoms with Crippen LogP contribution in [-0.2, 0) is 6.54 Å². The molecule has 6 nitrogen and oxygen atoms in total. The molecule has 1 aliphatic carbocycles. The van der Waals surface area contributed by atoms with Crippen molar-refractivity contribution in [2.45, 2.75) is 65.1 Å². The highest BCUT2D eigenvalue weighted by molar-refractivity contribution is 14.0. The molecule has 0 aliphatic heterocycles. The van der Waals surface area contributed by atoms with Crippen molar-refractivity contribution in [2.75, 3.05) is 6.54 Å². The van der Waals surface area contributed by atoms with Gasteiger partial charge < -0.3 is 20.2 Å². The van der Waals surface area contributed by atoms with Crippen LogP contribution in [0, 0.1) is 13.8 Å². The lowest BCUT2D eigenvalue weighted by Crippen LogP contribution is -2.45. The van der Waals surface area contributed by atoms with E-state index in [-0.39, 0.29) is 30.1 Å². The molecule has 0 spiro atoms. The molecule has 0 radical (unpaired) electrons. The number of hydrogen-bond donors (Lipinski definition) is 3. The number of halogens is 1. The van der Waals surface area contributed by atoms with Crippen molar-refractivity contribution in [1.82, 2.24) is 15.6 Å². The summed E-state index contributed by atoms with van der Waals surface area (Å²) in [6.07, 6.45) is 3.52. The van der Waals surface area contributed by atoms with E-state index in [1.54, 1.807) is 0 Å². The molecule has 22 heavy (non-hydrogen) atoms. The fourth-order valence-electron chi connectivity index (χ4n) is 2.49. The Morgan fingerprint density at radius 2 is 2.00 bits per heavy atom. The summed E-state index contributed by atoms with van der Waals surface area (Å²) in [5.74, 6) is 2.27. The molecule has 1 aromatic heterocycles. The lowest BCUT2D eigenvalue weighted by molar-refractivity contribution is 0.120. The third kappa shape index (κ3) is 5.75. The van der Waals surface area contributed by atoms with Crippen LogP contribution < -0.4 is 10.6 Å². The molecule has 7 heteroatoms. The Hall–Kier alpha value is -0.830. The van der Waals surface area contributed by atoms with Crippen LogP contribution in [0.4, 0.5) is 0 Å². The van der Waals surface area contributed by atoms with Crippen molar-refractivity contribution in [3.05, 3.63) is 17.3 Å². The molecule has 126 valence electrons. The van der Waals surface area contributed by atoms with Crippen LogP contribution in [0.1, 0.15) is 50.0 Å². The number of oxazole rings is 1. The molecule has 1 saturated carbocycles. The molecule has 0 unspecified atom stereocenters. The molecule has 1 heterocycles. The highest BCUT2D eigenvalue weighted by Crippen LogP contribution is 2.18. The number of aliphatic hydroxyl groups excluding tert-OH is 1. The number of hydrogen-bond acceptors (Lipinski definition) is 4. The van der Waals surface area contributed by atoms with Crippen molar-refractivity contribution < 1.29 is 9.52 Å². The molecule has 0 atom stereocenters. The summed E-state index contributed by atoms with van der Waals surface area (Å²) >= 11 is 0. The summed E-state index contributed by atoms with van der Waals surface area (Å²) in [6.45, 7) is 7.13. The summed E-state index contributed by atoms with van der Waals surface area (Å²) in [7, 11) is 0. The predicted octanol–water partition coefficient (Wildman–Crippen LogP) is 2.27. The minimum atomic E-state index is -0.138. The van der Waals surface area contributed by atoms with Gasteiger partial charge in [-0.1, -0.05) is 0 Å². The van der Waals surface area contributed by atoms with E-state index in [0.717, 1.165) is 49.6 Å². The van der Waals surface area contributed by atoms with E-state index in [1.165, 1.54) is 0 Å². The summed E-state index contributed by atoms with van der Waals surface area (Å²) in [5.41, 5.74) is 0.916. The Bertz CT molecular complexity index is 462. The molecule has 3 N–H and O–H groups in total.